The molecule has 0 spiro atoms. The fraction of sp³-hybridized carbons (Fsp3) is 0.143. The number of hydrogen-bond donors (Lipinski definition) is 0. The van der Waals surface area contributed by atoms with Crippen LogP contribution in [-0.4, -0.2) is 10.5 Å². The van der Waals surface area contributed by atoms with Crippen molar-refractivity contribution >= 4 is 40.0 Å². The van der Waals surface area contributed by atoms with Gasteiger partial charge in [-0.1, -0.05) is 18.2 Å². The highest BCUT2D eigenvalue weighted by molar-refractivity contribution is 7.99. The number of nitrogens with one attached hydrogen (secondary N) is 1. The molecule has 1 aliphatic rings. The Labute approximate surface area is 118 Å². The lowest BCUT2D eigenvalue weighted by molar-refractivity contribution is -0.398. The average molecular weight is 287 g/mol. The third-order valence-electron chi connectivity index (χ3n) is 3.31. The number of carbonyl (C=O) groups is 1. The standard InChI is InChI=1S/C14H10N2OS2/c17-13-8-12(11-6-3-7-18-11)19-14-15-9-4-1-2-5-10(9)16(13)14/h1-7,12H,8H2/p+1. The normalized spacial score (nSPS) is 18.7. The monoisotopic (exact) mass is 287 g/mol. The quantitative estimate of drug-likeness (QED) is 0.688. The van der Waals surface area contributed by atoms with E-state index < -0.39 is 0 Å². The van der Waals surface area contributed by atoms with E-state index >= 15 is 0 Å². The molecule has 19 heavy (non-hydrogen) atoms. The smallest absolute Gasteiger partial charge is 0.246 e. The summed E-state index contributed by atoms with van der Waals surface area (Å²) in [5, 5.41) is 3.24. The Hall–Kier alpha value is -1.59. The summed E-state index contributed by atoms with van der Waals surface area (Å²) in [6.45, 7) is 0. The molecule has 3 nitrogen and oxygen atoms in total. The van der Waals surface area contributed by atoms with Crippen molar-refractivity contribution in [3.8, 4) is 0 Å². The Balaban J connectivity index is 1.85. The zero-order valence-electron chi connectivity index (χ0n) is 10.00. The predicted molar refractivity (Wildman–Crippen MR) is 76.7 cm³/mol. The molecule has 3 heterocycles. The molecule has 0 fully saturated rings. The number of rotatable bonds is 1. The minimum atomic E-state index is 0.171. The van der Waals surface area contributed by atoms with E-state index in [-0.39, 0.29) is 11.2 Å². The summed E-state index contributed by atoms with van der Waals surface area (Å²) in [5.41, 5.74) is 1.99. The summed E-state index contributed by atoms with van der Waals surface area (Å²) in [7, 11) is 0. The van der Waals surface area contributed by atoms with Crippen molar-refractivity contribution in [1.29, 1.82) is 0 Å². The molecule has 1 unspecified atom stereocenters. The Kier molecular flexibility index (Phi) is 2.50. The maximum absolute atomic E-state index is 12.4. The number of benzene rings is 1. The van der Waals surface area contributed by atoms with Gasteiger partial charge in [0.1, 0.15) is 0 Å². The number of carbonyl (C=O) groups excluding carboxylic acids is 1. The summed E-state index contributed by atoms with van der Waals surface area (Å²) in [4.78, 5) is 17.0. The lowest BCUT2D eigenvalue weighted by atomic mass is 10.2. The first kappa shape index (κ1) is 11.3. The number of imidazole rings is 1. The fourth-order valence-electron chi connectivity index (χ4n) is 2.44. The Morgan fingerprint density at radius 2 is 2.11 bits per heavy atom. The van der Waals surface area contributed by atoms with Crippen molar-refractivity contribution in [2.24, 2.45) is 0 Å². The first-order chi connectivity index (χ1) is 9.33. The molecule has 0 bridgehead atoms. The first-order valence-electron chi connectivity index (χ1n) is 6.09. The molecule has 1 N–H and O–H groups in total. The highest BCUT2D eigenvalue weighted by Crippen LogP contribution is 2.42. The highest BCUT2D eigenvalue weighted by Gasteiger charge is 2.36. The van der Waals surface area contributed by atoms with Crippen LogP contribution < -0.4 is 4.98 Å². The van der Waals surface area contributed by atoms with E-state index in [0.717, 1.165) is 16.2 Å². The lowest BCUT2D eigenvalue weighted by Gasteiger charge is -2.15. The molecular formula is C14H11N2OS2+. The van der Waals surface area contributed by atoms with Crippen LogP contribution in [-0.2, 0) is 0 Å². The van der Waals surface area contributed by atoms with Gasteiger partial charge in [-0.25, -0.2) is 9.78 Å². The summed E-state index contributed by atoms with van der Waals surface area (Å²) in [6.07, 6.45) is 0.560. The number of para-hydroxylation sites is 2. The van der Waals surface area contributed by atoms with Gasteiger partial charge in [-0.15, -0.1) is 11.3 Å². The minimum absolute atomic E-state index is 0.171. The number of hydrogen-bond acceptors (Lipinski definition) is 3. The molecule has 2 aromatic heterocycles. The molecule has 1 atom stereocenters. The van der Waals surface area contributed by atoms with Crippen molar-refractivity contribution in [2.45, 2.75) is 16.8 Å². The average Bonchev–Trinajstić information content (AvgIpc) is 3.05. The fourth-order valence-corrected chi connectivity index (χ4v) is 4.63. The SMILES string of the molecule is O=C1CC(c2cccs2)Sc2[nH+]c3ccccc3n21. The number of thiophene rings is 1. The van der Waals surface area contributed by atoms with Gasteiger partial charge in [-0.05, 0) is 35.3 Å². The molecule has 0 saturated heterocycles. The summed E-state index contributed by atoms with van der Waals surface area (Å²) >= 11 is 3.46. The van der Waals surface area contributed by atoms with Gasteiger partial charge in [0.25, 0.3) is 0 Å². The van der Waals surface area contributed by atoms with Crippen LogP contribution in [0.2, 0.25) is 0 Å². The van der Waals surface area contributed by atoms with Gasteiger partial charge in [0.05, 0.1) is 11.7 Å². The minimum Gasteiger partial charge on any atom is -0.246 e. The van der Waals surface area contributed by atoms with Crippen LogP contribution in [0.1, 0.15) is 21.3 Å². The van der Waals surface area contributed by atoms with Gasteiger partial charge in [-0.2, -0.15) is 4.57 Å². The zero-order chi connectivity index (χ0) is 12.8. The van der Waals surface area contributed by atoms with Gasteiger partial charge in [0, 0.05) is 4.88 Å². The van der Waals surface area contributed by atoms with Crippen LogP contribution in [0.5, 0.6) is 0 Å². The van der Waals surface area contributed by atoms with E-state index in [1.807, 2.05) is 34.9 Å². The Morgan fingerprint density at radius 3 is 2.95 bits per heavy atom. The molecular weight excluding hydrogens is 276 g/mol. The second-order valence-electron chi connectivity index (χ2n) is 4.50. The maximum Gasteiger partial charge on any atom is 0.324 e. The second-order valence-corrected chi connectivity index (χ2v) is 6.67. The molecule has 1 aromatic carbocycles. The van der Waals surface area contributed by atoms with Crippen LogP contribution in [0.4, 0.5) is 0 Å². The molecule has 5 heteroatoms. The van der Waals surface area contributed by atoms with Crippen molar-refractivity contribution in [1.82, 2.24) is 4.57 Å². The number of H-pyrrole nitrogens is 1. The number of fused-ring (bicyclic) bond motifs is 3. The lowest BCUT2D eigenvalue weighted by Crippen LogP contribution is -2.22. The third kappa shape index (κ3) is 1.73. The Morgan fingerprint density at radius 1 is 1.21 bits per heavy atom. The van der Waals surface area contributed by atoms with E-state index in [0.29, 0.717) is 6.42 Å². The molecule has 0 radical (unpaired) electrons. The van der Waals surface area contributed by atoms with Crippen LogP contribution in [0, 0.1) is 0 Å². The van der Waals surface area contributed by atoms with Crippen molar-refractivity contribution in [3.05, 3.63) is 46.7 Å². The number of aromatic amines is 1. The van der Waals surface area contributed by atoms with Crippen LogP contribution in [0.15, 0.2) is 46.9 Å². The van der Waals surface area contributed by atoms with Gasteiger partial charge in [0.2, 0.25) is 0 Å². The van der Waals surface area contributed by atoms with Crippen molar-refractivity contribution in [2.75, 3.05) is 0 Å². The van der Waals surface area contributed by atoms with Gasteiger partial charge in [0.15, 0.2) is 11.0 Å². The zero-order valence-corrected chi connectivity index (χ0v) is 11.6. The van der Waals surface area contributed by atoms with E-state index in [4.69, 9.17) is 0 Å². The predicted octanol–water partition coefficient (Wildman–Crippen LogP) is 3.39. The molecule has 3 aromatic rings. The number of thioether (sulfide) groups is 1. The van der Waals surface area contributed by atoms with Gasteiger partial charge < -0.3 is 0 Å². The van der Waals surface area contributed by atoms with E-state index in [1.165, 1.54) is 4.88 Å². The van der Waals surface area contributed by atoms with E-state index in [2.05, 4.69) is 16.4 Å². The van der Waals surface area contributed by atoms with Gasteiger partial charge in [-0.3, -0.25) is 0 Å². The topological polar surface area (TPSA) is 36.1 Å². The summed E-state index contributed by atoms with van der Waals surface area (Å²) in [5.74, 6) is 0.171. The first-order valence-corrected chi connectivity index (χ1v) is 7.85. The summed E-state index contributed by atoms with van der Waals surface area (Å²) in [6, 6.07) is 12.1. The van der Waals surface area contributed by atoms with Crippen molar-refractivity contribution < 1.29 is 9.78 Å². The number of aromatic nitrogens is 2. The molecule has 94 valence electrons. The maximum atomic E-state index is 12.4. The molecule has 0 amide bonds. The van der Waals surface area contributed by atoms with E-state index in [9.17, 15) is 4.79 Å². The Bertz CT molecular complexity index is 761. The van der Waals surface area contributed by atoms with Gasteiger partial charge >= 0.3 is 11.1 Å². The largest absolute Gasteiger partial charge is 0.324 e. The van der Waals surface area contributed by atoms with Crippen molar-refractivity contribution in [3.63, 3.8) is 0 Å². The number of nitrogens with zero attached hydrogens (tertiary/aromatic N) is 1. The third-order valence-corrected chi connectivity index (χ3v) is 5.66. The molecule has 0 saturated carbocycles. The summed E-state index contributed by atoms with van der Waals surface area (Å²) < 4.78 is 1.81. The highest BCUT2D eigenvalue weighted by atomic mass is 32.2. The molecule has 1 aliphatic heterocycles. The van der Waals surface area contributed by atoms with E-state index in [1.54, 1.807) is 23.1 Å². The second kappa shape index (κ2) is 4.21. The molecule has 0 aliphatic carbocycles. The van der Waals surface area contributed by atoms with Crippen LogP contribution in [0.3, 0.4) is 0 Å². The van der Waals surface area contributed by atoms with Crippen LogP contribution in [0.25, 0.3) is 11.0 Å². The van der Waals surface area contributed by atoms with Crippen LogP contribution >= 0.6 is 23.1 Å². The molecule has 4 rings (SSSR count).